The zero-order chi connectivity index (χ0) is 24.5. The van der Waals surface area contributed by atoms with E-state index in [9.17, 15) is 19.7 Å². The van der Waals surface area contributed by atoms with Crippen LogP contribution in [0.15, 0.2) is 82.6 Å². The maximum Gasteiger partial charge on any atom is 0.324 e. The molecular formula is C25H21ClN4O4S. The summed E-state index contributed by atoms with van der Waals surface area (Å²) in [5.41, 5.74) is 2.76. The lowest BCUT2D eigenvalue weighted by Crippen LogP contribution is -2.61. The van der Waals surface area contributed by atoms with Crippen molar-refractivity contribution in [3.05, 3.63) is 88.5 Å². The summed E-state index contributed by atoms with van der Waals surface area (Å²) in [6, 6.07) is 21.0. The summed E-state index contributed by atoms with van der Waals surface area (Å²) in [6.07, 6.45) is 0.660. The predicted molar refractivity (Wildman–Crippen MR) is 134 cm³/mol. The van der Waals surface area contributed by atoms with Gasteiger partial charge in [-0.1, -0.05) is 48.2 Å². The highest BCUT2D eigenvalue weighted by Gasteiger charge is 2.50. The van der Waals surface area contributed by atoms with Gasteiger partial charge in [0.05, 0.1) is 22.3 Å². The molecule has 3 aromatic carbocycles. The van der Waals surface area contributed by atoms with Crippen LogP contribution < -0.4 is 10.2 Å². The zero-order valence-electron chi connectivity index (χ0n) is 18.5. The van der Waals surface area contributed by atoms with Crippen molar-refractivity contribution in [1.82, 2.24) is 10.2 Å². The fourth-order valence-corrected chi connectivity index (χ4v) is 5.79. The lowest BCUT2D eigenvalue weighted by Gasteiger charge is -2.42. The van der Waals surface area contributed by atoms with E-state index in [1.807, 2.05) is 24.3 Å². The molecule has 2 aliphatic rings. The Morgan fingerprint density at radius 2 is 1.60 bits per heavy atom. The van der Waals surface area contributed by atoms with E-state index in [0.29, 0.717) is 25.1 Å². The lowest BCUT2D eigenvalue weighted by molar-refractivity contribution is -0.384. The van der Waals surface area contributed by atoms with Gasteiger partial charge in [-0.15, -0.1) is 11.6 Å². The standard InChI is InChI=1S/C25H21ClN4O4S/c26-22-23(16-10-12-17(13-11-16)30(33)34)29(24(22)31)25(32)27-14-5-15-28-18-6-1-3-8-20(18)35-21-9-4-2-7-19(21)28/h1-4,6-13,22-23H,5,14-15H2,(H,27,32). The Kier molecular flexibility index (Phi) is 6.36. The Morgan fingerprint density at radius 1 is 1.00 bits per heavy atom. The van der Waals surface area contributed by atoms with E-state index in [2.05, 4.69) is 34.5 Å². The first kappa shape index (κ1) is 23.2. The molecule has 1 fully saturated rings. The SMILES string of the molecule is O=C(NCCCN1c2ccccc2Sc2ccccc21)N1C(=O)C(Cl)C1c1ccc([N+](=O)[O-])cc1. The molecule has 178 valence electrons. The molecule has 1 N–H and O–H groups in total. The van der Waals surface area contributed by atoms with Gasteiger partial charge in [-0.2, -0.15) is 0 Å². The van der Waals surface area contributed by atoms with E-state index in [1.54, 1.807) is 11.8 Å². The summed E-state index contributed by atoms with van der Waals surface area (Å²) in [5, 5.41) is 12.8. The third-order valence-corrected chi connectivity index (χ3v) is 7.62. The van der Waals surface area contributed by atoms with Crippen molar-refractivity contribution in [2.75, 3.05) is 18.0 Å². The monoisotopic (exact) mass is 508 g/mol. The van der Waals surface area contributed by atoms with Crippen LogP contribution in [0.4, 0.5) is 21.9 Å². The summed E-state index contributed by atoms with van der Waals surface area (Å²) in [7, 11) is 0. The van der Waals surface area contributed by atoms with Crippen molar-refractivity contribution in [1.29, 1.82) is 0 Å². The van der Waals surface area contributed by atoms with Crippen molar-refractivity contribution < 1.29 is 14.5 Å². The number of halogens is 1. The van der Waals surface area contributed by atoms with Crippen molar-refractivity contribution >= 4 is 52.4 Å². The number of likely N-dealkylation sites (tertiary alicyclic amines) is 1. The molecule has 5 rings (SSSR count). The number of alkyl halides is 1. The number of hydrogen-bond donors (Lipinski definition) is 1. The van der Waals surface area contributed by atoms with Crippen LogP contribution in [0.5, 0.6) is 0 Å². The number of nitrogens with zero attached hydrogens (tertiary/aromatic N) is 3. The number of fused-ring (bicyclic) bond motifs is 2. The molecule has 2 unspecified atom stereocenters. The summed E-state index contributed by atoms with van der Waals surface area (Å²) >= 11 is 7.93. The average Bonchev–Trinajstić information content (AvgIpc) is 2.88. The second-order valence-electron chi connectivity index (χ2n) is 8.18. The van der Waals surface area contributed by atoms with E-state index < -0.39 is 28.3 Å². The van der Waals surface area contributed by atoms with Crippen LogP contribution in [0.2, 0.25) is 0 Å². The number of imide groups is 1. The van der Waals surface area contributed by atoms with Crippen molar-refractivity contribution in [2.45, 2.75) is 27.6 Å². The first-order chi connectivity index (χ1) is 17.0. The number of benzene rings is 3. The van der Waals surface area contributed by atoms with Crippen LogP contribution in [-0.2, 0) is 4.79 Å². The number of nitrogens with one attached hydrogen (secondary N) is 1. The Labute approximate surface area is 211 Å². The molecule has 2 heterocycles. The average molecular weight is 509 g/mol. The second-order valence-corrected chi connectivity index (χ2v) is 9.73. The Morgan fingerprint density at radius 3 is 2.20 bits per heavy atom. The summed E-state index contributed by atoms with van der Waals surface area (Å²) in [4.78, 5) is 41.2. The quantitative estimate of drug-likeness (QED) is 0.155. The van der Waals surface area contributed by atoms with Crippen LogP contribution in [0.1, 0.15) is 18.0 Å². The zero-order valence-corrected chi connectivity index (χ0v) is 20.0. The number of carbonyl (C=O) groups excluding carboxylic acids is 2. The molecule has 3 aromatic rings. The van der Waals surface area contributed by atoms with Gasteiger partial charge in [-0.25, -0.2) is 4.79 Å². The summed E-state index contributed by atoms with van der Waals surface area (Å²) < 4.78 is 0. The van der Waals surface area contributed by atoms with Crippen molar-refractivity contribution in [2.24, 2.45) is 0 Å². The van der Waals surface area contributed by atoms with Crippen LogP contribution >= 0.6 is 23.4 Å². The Balaban J connectivity index is 1.22. The van der Waals surface area contributed by atoms with E-state index in [0.717, 1.165) is 16.3 Å². The lowest BCUT2D eigenvalue weighted by atomic mass is 9.93. The minimum atomic E-state index is -0.888. The molecule has 2 aliphatic heterocycles. The summed E-state index contributed by atoms with van der Waals surface area (Å²) in [6.45, 7) is 1.06. The number of rotatable bonds is 6. The topological polar surface area (TPSA) is 95.8 Å². The Bertz CT molecular complexity index is 1260. The molecule has 1 saturated heterocycles. The van der Waals surface area contributed by atoms with E-state index in [-0.39, 0.29) is 5.69 Å². The van der Waals surface area contributed by atoms with Gasteiger partial charge in [-0.3, -0.25) is 19.8 Å². The van der Waals surface area contributed by atoms with Crippen molar-refractivity contribution in [3.63, 3.8) is 0 Å². The molecule has 3 amide bonds. The predicted octanol–water partition coefficient (Wildman–Crippen LogP) is 5.49. The number of carbonyl (C=O) groups is 2. The normalized spacial score (nSPS) is 18.4. The number of nitro groups is 1. The number of nitro benzene ring substituents is 1. The van der Waals surface area contributed by atoms with Gasteiger partial charge in [-0.05, 0) is 36.2 Å². The summed E-state index contributed by atoms with van der Waals surface area (Å²) in [5.74, 6) is -0.483. The van der Waals surface area contributed by atoms with Gasteiger partial charge < -0.3 is 10.2 Å². The molecule has 0 saturated carbocycles. The number of hydrogen-bond acceptors (Lipinski definition) is 6. The second kappa shape index (κ2) is 9.59. The first-order valence-electron chi connectivity index (χ1n) is 11.1. The van der Waals surface area contributed by atoms with Gasteiger partial charge in [0, 0.05) is 35.0 Å². The third kappa shape index (κ3) is 4.33. The molecule has 0 aromatic heterocycles. The molecule has 8 nitrogen and oxygen atoms in total. The van der Waals surface area contributed by atoms with Gasteiger partial charge >= 0.3 is 6.03 Å². The maximum atomic E-state index is 12.8. The molecule has 0 radical (unpaired) electrons. The van der Waals surface area contributed by atoms with Gasteiger partial charge in [0.2, 0.25) is 0 Å². The number of non-ortho nitro benzene ring substituents is 1. The number of urea groups is 1. The number of β-lactam (4-membered cyclic amide) rings is 1. The molecule has 10 heteroatoms. The smallest absolute Gasteiger partial charge is 0.324 e. The van der Waals surface area contributed by atoms with Gasteiger partial charge in [0.1, 0.15) is 5.38 Å². The van der Waals surface area contributed by atoms with Gasteiger partial charge in [0.15, 0.2) is 0 Å². The van der Waals surface area contributed by atoms with E-state index >= 15 is 0 Å². The van der Waals surface area contributed by atoms with Crippen LogP contribution in [0.3, 0.4) is 0 Å². The molecule has 0 aliphatic carbocycles. The molecule has 2 atom stereocenters. The fraction of sp³-hybridized carbons (Fsp3) is 0.200. The minimum Gasteiger partial charge on any atom is -0.340 e. The third-order valence-electron chi connectivity index (χ3n) is 6.06. The molecular weight excluding hydrogens is 488 g/mol. The van der Waals surface area contributed by atoms with E-state index in [4.69, 9.17) is 11.6 Å². The largest absolute Gasteiger partial charge is 0.340 e. The van der Waals surface area contributed by atoms with E-state index in [1.165, 1.54) is 34.1 Å². The molecule has 0 spiro atoms. The first-order valence-corrected chi connectivity index (χ1v) is 12.3. The number of anilines is 2. The van der Waals surface area contributed by atoms with Crippen LogP contribution in [0.25, 0.3) is 0 Å². The fourth-order valence-electron chi connectivity index (χ4n) is 4.33. The highest BCUT2D eigenvalue weighted by Crippen LogP contribution is 2.47. The van der Waals surface area contributed by atoms with Crippen LogP contribution in [-0.4, -0.2) is 40.2 Å². The van der Waals surface area contributed by atoms with Crippen molar-refractivity contribution in [3.8, 4) is 0 Å². The number of amides is 3. The molecule has 35 heavy (non-hydrogen) atoms. The molecule has 0 bridgehead atoms. The minimum absolute atomic E-state index is 0.0687. The number of para-hydroxylation sites is 2. The van der Waals surface area contributed by atoms with Gasteiger partial charge in [0.25, 0.3) is 11.6 Å². The van der Waals surface area contributed by atoms with Crippen LogP contribution in [0, 0.1) is 10.1 Å². The highest BCUT2D eigenvalue weighted by molar-refractivity contribution is 7.99. The maximum absolute atomic E-state index is 12.8. The Hall–Kier alpha value is -3.56. The highest BCUT2D eigenvalue weighted by atomic mass is 35.5.